The maximum Gasteiger partial charge on any atom is 0.373 e. The van der Waals surface area contributed by atoms with Crippen LogP contribution in [0.3, 0.4) is 0 Å². The molecule has 0 saturated carbocycles. The second-order valence-electron chi connectivity index (χ2n) is 7.45. The molecule has 3 rings (SSSR count). The number of hydrogen-bond donors (Lipinski definition) is 0. The number of ether oxygens (including phenoxy) is 1. The van der Waals surface area contributed by atoms with Crippen molar-refractivity contribution in [2.24, 2.45) is 0 Å². The first-order valence-corrected chi connectivity index (χ1v) is 9.92. The molecule has 0 N–H and O–H groups in total. The van der Waals surface area contributed by atoms with Crippen molar-refractivity contribution in [3.63, 3.8) is 0 Å². The van der Waals surface area contributed by atoms with Gasteiger partial charge < -0.3 is 4.74 Å². The van der Waals surface area contributed by atoms with Crippen molar-refractivity contribution in [3.05, 3.63) is 69.3 Å². The van der Waals surface area contributed by atoms with Crippen LogP contribution >= 0.6 is 0 Å². The first kappa shape index (κ1) is 21.7. The molecule has 0 aromatic heterocycles. The molecule has 0 heterocycles. The maximum absolute atomic E-state index is 8.12. The van der Waals surface area contributed by atoms with E-state index in [2.05, 4.69) is 65.0 Å². The summed E-state index contributed by atoms with van der Waals surface area (Å²) in [5.74, 6) is 1.04. The lowest BCUT2D eigenvalue weighted by Gasteiger charge is -2.16. The summed E-state index contributed by atoms with van der Waals surface area (Å²) in [7, 11) is 0. The Balaban J connectivity index is 0.000000878. The van der Waals surface area contributed by atoms with E-state index in [9.17, 15) is 0 Å². The van der Waals surface area contributed by atoms with Crippen molar-refractivity contribution in [3.8, 4) is 5.75 Å². The topological polar surface area (TPSA) is 43.4 Å². The van der Waals surface area contributed by atoms with Crippen LogP contribution in [0, 0.1) is 27.7 Å². The molecule has 0 unspecified atom stereocenters. The third-order valence-electron chi connectivity index (χ3n) is 5.67. The van der Waals surface area contributed by atoms with E-state index in [1.54, 1.807) is 0 Å². The van der Waals surface area contributed by atoms with E-state index in [0.717, 1.165) is 18.6 Å². The van der Waals surface area contributed by atoms with Crippen LogP contribution in [-0.2, 0) is 16.0 Å². The molecule has 0 spiro atoms. The summed E-state index contributed by atoms with van der Waals surface area (Å²) in [6.45, 7) is 11.7. The normalized spacial score (nSPS) is 13.0. The first-order valence-electron chi connectivity index (χ1n) is 9.92. The highest BCUT2D eigenvalue weighted by Crippen LogP contribution is 2.36. The zero-order chi connectivity index (χ0) is 20.7. The van der Waals surface area contributed by atoms with Crippen molar-refractivity contribution in [2.75, 3.05) is 6.61 Å². The average molecular weight is 379 g/mol. The molecule has 0 bridgehead atoms. The van der Waals surface area contributed by atoms with Crippen LogP contribution < -0.4 is 4.74 Å². The van der Waals surface area contributed by atoms with Gasteiger partial charge in [-0.3, -0.25) is 0 Å². The van der Waals surface area contributed by atoms with E-state index in [-0.39, 0.29) is 6.15 Å². The van der Waals surface area contributed by atoms with Gasteiger partial charge in [0.25, 0.3) is 0 Å². The number of carbonyl (C=O) groups excluding carboxylic acids is 2. The molecule has 3 nitrogen and oxygen atoms in total. The molecule has 1 aliphatic carbocycles. The molecule has 0 amide bonds. The molecular weight excluding hydrogens is 348 g/mol. The van der Waals surface area contributed by atoms with Gasteiger partial charge in [-0.15, -0.1) is 0 Å². The minimum absolute atomic E-state index is 0.250. The number of allylic oxidation sites excluding steroid dienone is 1. The Bertz CT molecular complexity index is 900. The summed E-state index contributed by atoms with van der Waals surface area (Å²) in [6, 6.07) is 11.2. The van der Waals surface area contributed by atoms with Crippen LogP contribution in [0.25, 0.3) is 5.57 Å². The Labute approximate surface area is 168 Å². The zero-order valence-corrected chi connectivity index (χ0v) is 17.6. The molecular formula is C25H30O3. The average Bonchev–Trinajstić information content (AvgIpc) is 3.12. The fourth-order valence-electron chi connectivity index (χ4n) is 4.00. The lowest BCUT2D eigenvalue weighted by Crippen LogP contribution is -2.04. The largest absolute Gasteiger partial charge is 0.489 e. The van der Waals surface area contributed by atoms with E-state index in [1.165, 1.54) is 57.4 Å². The Morgan fingerprint density at radius 1 is 0.964 bits per heavy atom. The van der Waals surface area contributed by atoms with E-state index in [0.29, 0.717) is 6.61 Å². The Morgan fingerprint density at radius 3 is 2.32 bits per heavy atom. The van der Waals surface area contributed by atoms with Crippen LogP contribution in [-0.4, -0.2) is 12.8 Å². The molecule has 3 heteroatoms. The molecule has 0 saturated heterocycles. The number of benzene rings is 2. The molecule has 148 valence electrons. The predicted octanol–water partition coefficient (Wildman–Crippen LogP) is 5.92. The minimum Gasteiger partial charge on any atom is -0.489 e. The van der Waals surface area contributed by atoms with Gasteiger partial charge in [0.05, 0.1) is 0 Å². The van der Waals surface area contributed by atoms with Gasteiger partial charge >= 0.3 is 6.15 Å². The van der Waals surface area contributed by atoms with E-state index in [4.69, 9.17) is 14.3 Å². The highest BCUT2D eigenvalue weighted by molar-refractivity contribution is 5.73. The SMILES string of the molecule is CCc1ccc(OCC2=C(c3ccc(C)cc3C)CCC2)c(C)c1C.O=C=O. The summed E-state index contributed by atoms with van der Waals surface area (Å²) in [6.07, 6.45) is 4.91. The number of hydrogen-bond acceptors (Lipinski definition) is 3. The molecule has 28 heavy (non-hydrogen) atoms. The molecule has 2 aromatic rings. The van der Waals surface area contributed by atoms with Gasteiger partial charge in [0, 0.05) is 0 Å². The van der Waals surface area contributed by atoms with Crippen LogP contribution in [0.5, 0.6) is 5.75 Å². The summed E-state index contributed by atoms with van der Waals surface area (Å²) < 4.78 is 6.26. The van der Waals surface area contributed by atoms with Gasteiger partial charge in [-0.1, -0.05) is 36.8 Å². The molecule has 1 aliphatic rings. The van der Waals surface area contributed by atoms with Crippen molar-refractivity contribution < 1.29 is 14.3 Å². The lowest BCUT2D eigenvalue weighted by molar-refractivity contribution is -0.191. The van der Waals surface area contributed by atoms with E-state index < -0.39 is 0 Å². The zero-order valence-electron chi connectivity index (χ0n) is 17.6. The smallest absolute Gasteiger partial charge is 0.373 e. The third-order valence-corrected chi connectivity index (χ3v) is 5.67. The summed E-state index contributed by atoms with van der Waals surface area (Å²) >= 11 is 0. The number of rotatable bonds is 5. The van der Waals surface area contributed by atoms with Gasteiger partial charge in [0.1, 0.15) is 12.4 Å². The van der Waals surface area contributed by atoms with Crippen molar-refractivity contribution in [2.45, 2.75) is 60.3 Å². The predicted molar refractivity (Wildman–Crippen MR) is 112 cm³/mol. The number of aryl methyl sites for hydroxylation is 3. The fourth-order valence-corrected chi connectivity index (χ4v) is 4.00. The molecule has 0 fully saturated rings. The second-order valence-corrected chi connectivity index (χ2v) is 7.45. The molecule has 0 atom stereocenters. The van der Waals surface area contributed by atoms with Gasteiger partial charge in [-0.2, -0.15) is 9.59 Å². The quantitative estimate of drug-likeness (QED) is 0.649. The third kappa shape index (κ3) is 4.99. The monoisotopic (exact) mass is 378 g/mol. The minimum atomic E-state index is 0.250. The van der Waals surface area contributed by atoms with Crippen LogP contribution in [0.15, 0.2) is 35.9 Å². The van der Waals surface area contributed by atoms with E-state index in [1.807, 2.05) is 0 Å². The summed E-state index contributed by atoms with van der Waals surface area (Å²) in [5, 5.41) is 0. The summed E-state index contributed by atoms with van der Waals surface area (Å²) in [5.41, 5.74) is 11.2. The Hall–Kier alpha value is -2.64. The van der Waals surface area contributed by atoms with Crippen LogP contribution in [0.2, 0.25) is 0 Å². The first-order chi connectivity index (χ1) is 13.4. The van der Waals surface area contributed by atoms with Gasteiger partial charge in [0.15, 0.2) is 0 Å². The highest BCUT2D eigenvalue weighted by Gasteiger charge is 2.18. The van der Waals surface area contributed by atoms with Crippen molar-refractivity contribution in [1.29, 1.82) is 0 Å². The Morgan fingerprint density at radius 2 is 1.68 bits per heavy atom. The summed E-state index contributed by atoms with van der Waals surface area (Å²) in [4.78, 5) is 16.2. The van der Waals surface area contributed by atoms with Crippen LogP contribution in [0.1, 0.15) is 59.6 Å². The fraction of sp³-hybridized carbons (Fsp3) is 0.400. The highest BCUT2D eigenvalue weighted by atomic mass is 16.5. The molecule has 2 aromatic carbocycles. The lowest BCUT2D eigenvalue weighted by atomic mass is 9.96. The van der Waals surface area contributed by atoms with Crippen LogP contribution in [0.4, 0.5) is 0 Å². The van der Waals surface area contributed by atoms with E-state index >= 15 is 0 Å². The van der Waals surface area contributed by atoms with Gasteiger partial charge in [-0.05, 0) is 98.4 Å². The second kappa shape index (κ2) is 10.1. The van der Waals surface area contributed by atoms with Crippen molar-refractivity contribution in [1.82, 2.24) is 0 Å². The molecule has 0 aliphatic heterocycles. The molecule has 0 radical (unpaired) electrons. The maximum atomic E-state index is 8.12. The van der Waals surface area contributed by atoms with Crippen molar-refractivity contribution >= 4 is 11.7 Å². The Kier molecular flexibility index (Phi) is 7.78. The van der Waals surface area contributed by atoms with Gasteiger partial charge in [0.2, 0.25) is 0 Å². The standard InChI is InChI=1S/C24H30O.CO2/c1-6-20-11-13-24(19(5)18(20)4)25-15-21-8-7-9-23(21)22-12-10-16(2)14-17(22)3;2-1-3/h10-14H,6-9,15H2,1-5H3;. The van der Waals surface area contributed by atoms with Gasteiger partial charge in [-0.25, -0.2) is 0 Å².